The SMILES string of the molecule is Cc1c(C)c(C)c2c(c1C)Cc1c(C)c(C)c(C)c3c1B2c1c(C)c(C)c(C)c(C)c1C3. The lowest BCUT2D eigenvalue weighted by Gasteiger charge is -2.40. The summed E-state index contributed by atoms with van der Waals surface area (Å²) in [6, 6.07) is 0. The van der Waals surface area contributed by atoms with Crippen molar-refractivity contribution in [2.24, 2.45) is 0 Å². The molecule has 0 atom stereocenters. The van der Waals surface area contributed by atoms with Crippen molar-refractivity contribution in [1.29, 1.82) is 0 Å². The van der Waals surface area contributed by atoms with Crippen LogP contribution in [0.1, 0.15) is 83.5 Å². The highest BCUT2D eigenvalue weighted by Crippen LogP contribution is 2.35. The van der Waals surface area contributed by atoms with Crippen LogP contribution < -0.4 is 16.4 Å². The molecule has 164 valence electrons. The zero-order valence-electron chi connectivity index (χ0n) is 22.0. The minimum atomic E-state index is 0.376. The van der Waals surface area contributed by atoms with Gasteiger partial charge in [0.2, 0.25) is 6.71 Å². The van der Waals surface area contributed by atoms with Crippen molar-refractivity contribution in [3.05, 3.63) is 83.5 Å². The van der Waals surface area contributed by atoms with Crippen LogP contribution in [0.4, 0.5) is 0 Å². The molecule has 2 aliphatic heterocycles. The predicted octanol–water partition coefficient (Wildman–Crippen LogP) is 5.40. The maximum Gasteiger partial charge on any atom is 0.243 e. The largest absolute Gasteiger partial charge is 0.243 e. The Balaban J connectivity index is 2.03. The van der Waals surface area contributed by atoms with Crippen LogP contribution >= 0.6 is 0 Å². The highest BCUT2D eigenvalue weighted by molar-refractivity contribution is 6.98. The molecule has 0 spiro atoms. The molecule has 2 aliphatic rings. The van der Waals surface area contributed by atoms with Crippen molar-refractivity contribution in [2.45, 2.75) is 89.0 Å². The Kier molecular flexibility index (Phi) is 4.62. The summed E-state index contributed by atoms with van der Waals surface area (Å²) >= 11 is 0. The topological polar surface area (TPSA) is 0 Å². The first-order valence-corrected chi connectivity index (χ1v) is 12.3. The van der Waals surface area contributed by atoms with Crippen molar-refractivity contribution in [3.8, 4) is 0 Å². The summed E-state index contributed by atoms with van der Waals surface area (Å²) in [7, 11) is 0. The van der Waals surface area contributed by atoms with E-state index in [0.717, 1.165) is 12.8 Å². The molecule has 2 heterocycles. The van der Waals surface area contributed by atoms with E-state index >= 15 is 0 Å². The molecule has 0 aromatic heterocycles. The predicted molar refractivity (Wildman–Crippen MR) is 142 cm³/mol. The first kappa shape index (κ1) is 21.6. The average molecular weight is 420 g/mol. The monoisotopic (exact) mass is 420 g/mol. The van der Waals surface area contributed by atoms with Crippen LogP contribution in [0.15, 0.2) is 0 Å². The van der Waals surface area contributed by atoms with Crippen molar-refractivity contribution in [2.75, 3.05) is 0 Å². The fourth-order valence-electron chi connectivity index (χ4n) is 6.99. The molecule has 3 aromatic rings. The van der Waals surface area contributed by atoms with Crippen LogP contribution in [-0.2, 0) is 12.8 Å². The van der Waals surface area contributed by atoms with Crippen molar-refractivity contribution >= 4 is 23.1 Å². The fourth-order valence-corrected chi connectivity index (χ4v) is 6.99. The molecule has 1 heteroatoms. The summed E-state index contributed by atoms with van der Waals surface area (Å²) in [5.41, 5.74) is 27.9. The van der Waals surface area contributed by atoms with Gasteiger partial charge in [0.05, 0.1) is 0 Å². The summed E-state index contributed by atoms with van der Waals surface area (Å²) in [4.78, 5) is 0. The Morgan fingerprint density at radius 3 is 0.906 bits per heavy atom. The van der Waals surface area contributed by atoms with E-state index < -0.39 is 0 Å². The van der Waals surface area contributed by atoms with Gasteiger partial charge in [-0.2, -0.15) is 0 Å². The quantitative estimate of drug-likeness (QED) is 0.294. The van der Waals surface area contributed by atoms with Crippen molar-refractivity contribution in [3.63, 3.8) is 0 Å². The van der Waals surface area contributed by atoms with Gasteiger partial charge < -0.3 is 0 Å². The number of hydrogen-bond acceptors (Lipinski definition) is 0. The molecule has 0 nitrogen and oxygen atoms in total. The van der Waals surface area contributed by atoms with Crippen LogP contribution in [0.2, 0.25) is 0 Å². The summed E-state index contributed by atoms with van der Waals surface area (Å²) in [5, 5.41) is 0. The Labute approximate surface area is 195 Å². The number of rotatable bonds is 0. The molecule has 0 aliphatic carbocycles. The zero-order chi connectivity index (χ0) is 23.4. The molecular weight excluding hydrogens is 383 g/mol. The highest BCUT2D eigenvalue weighted by Gasteiger charge is 2.42. The molecule has 0 fully saturated rings. The maximum atomic E-state index is 2.39. The van der Waals surface area contributed by atoms with Crippen LogP contribution in [0.3, 0.4) is 0 Å². The van der Waals surface area contributed by atoms with Crippen LogP contribution in [0.5, 0.6) is 0 Å². The van der Waals surface area contributed by atoms with Gasteiger partial charge in [0.1, 0.15) is 0 Å². The van der Waals surface area contributed by atoms with E-state index in [0.29, 0.717) is 6.71 Å². The molecule has 3 aromatic carbocycles. The first-order chi connectivity index (χ1) is 15.0. The molecular formula is C31H37B. The van der Waals surface area contributed by atoms with Gasteiger partial charge in [-0.25, -0.2) is 0 Å². The van der Waals surface area contributed by atoms with E-state index in [4.69, 9.17) is 0 Å². The second-order valence-corrected chi connectivity index (χ2v) is 10.8. The van der Waals surface area contributed by atoms with Crippen molar-refractivity contribution in [1.82, 2.24) is 0 Å². The molecule has 0 saturated heterocycles. The lowest BCUT2D eigenvalue weighted by molar-refractivity contribution is 1.04. The second kappa shape index (κ2) is 6.86. The molecule has 0 unspecified atom stereocenters. The highest BCUT2D eigenvalue weighted by atomic mass is 14.3. The Morgan fingerprint density at radius 1 is 0.312 bits per heavy atom. The molecule has 0 amide bonds. The van der Waals surface area contributed by atoms with Crippen LogP contribution in [0, 0.1) is 76.2 Å². The number of fused-ring (bicyclic) bond motifs is 4. The third-order valence-corrected chi connectivity index (χ3v) is 9.99. The molecule has 32 heavy (non-hydrogen) atoms. The lowest BCUT2D eigenvalue weighted by atomic mass is 9.28. The van der Waals surface area contributed by atoms with E-state index in [1.807, 2.05) is 0 Å². The van der Waals surface area contributed by atoms with Gasteiger partial charge in [0.15, 0.2) is 0 Å². The average Bonchev–Trinajstić information content (AvgIpc) is 2.79. The fraction of sp³-hybridized carbons (Fsp3) is 0.419. The van der Waals surface area contributed by atoms with Crippen LogP contribution in [0.25, 0.3) is 0 Å². The van der Waals surface area contributed by atoms with E-state index in [1.54, 1.807) is 38.6 Å². The van der Waals surface area contributed by atoms with Gasteiger partial charge >= 0.3 is 0 Å². The maximum absolute atomic E-state index is 2.39. The molecule has 0 N–H and O–H groups in total. The lowest BCUT2D eigenvalue weighted by Crippen LogP contribution is -2.63. The standard InChI is InChI=1S/C31H37B/c1-14-16(3)23(10)29-25(19(14)6)12-27-21(8)18(5)22(9)28-13-26-20(7)15(2)17(4)24(11)30(26)32(29)31(27)28/h12-13H2,1-11H3. The minimum absolute atomic E-state index is 0.376. The smallest absolute Gasteiger partial charge is 0.0617 e. The zero-order valence-corrected chi connectivity index (χ0v) is 22.0. The Hall–Kier alpha value is -2.28. The summed E-state index contributed by atoms with van der Waals surface area (Å²) in [6.45, 7) is 26.3. The molecule has 0 bridgehead atoms. The Morgan fingerprint density at radius 2 is 0.562 bits per heavy atom. The minimum Gasteiger partial charge on any atom is -0.0617 e. The van der Waals surface area contributed by atoms with Gasteiger partial charge in [-0.1, -0.05) is 27.5 Å². The molecule has 0 radical (unpaired) electrons. The van der Waals surface area contributed by atoms with Gasteiger partial charge in [-0.15, -0.1) is 0 Å². The third-order valence-electron chi connectivity index (χ3n) is 9.99. The van der Waals surface area contributed by atoms with Crippen LogP contribution in [-0.4, -0.2) is 6.71 Å². The molecule has 0 saturated carbocycles. The van der Waals surface area contributed by atoms with Gasteiger partial charge in [-0.3, -0.25) is 0 Å². The van der Waals surface area contributed by atoms with Gasteiger partial charge in [0, 0.05) is 0 Å². The summed E-state index contributed by atoms with van der Waals surface area (Å²) < 4.78 is 0. The van der Waals surface area contributed by atoms with Gasteiger partial charge in [0.25, 0.3) is 0 Å². The van der Waals surface area contributed by atoms with Gasteiger partial charge in [-0.05, 0) is 161 Å². The number of hydrogen-bond donors (Lipinski definition) is 0. The van der Waals surface area contributed by atoms with Crippen molar-refractivity contribution < 1.29 is 0 Å². The van der Waals surface area contributed by atoms with E-state index in [9.17, 15) is 0 Å². The summed E-state index contributed by atoms with van der Waals surface area (Å²) in [5.74, 6) is 0. The second-order valence-electron chi connectivity index (χ2n) is 10.8. The molecule has 5 rings (SSSR count). The first-order valence-electron chi connectivity index (χ1n) is 12.3. The number of benzene rings is 3. The van der Waals surface area contributed by atoms with E-state index in [-0.39, 0.29) is 0 Å². The van der Waals surface area contributed by atoms with E-state index in [2.05, 4.69) is 76.2 Å². The normalized spacial score (nSPS) is 13.8. The van der Waals surface area contributed by atoms with E-state index in [1.165, 1.54) is 61.2 Å². The summed E-state index contributed by atoms with van der Waals surface area (Å²) in [6.07, 6.45) is 2.18. The third kappa shape index (κ3) is 2.46. The Bertz CT molecular complexity index is 1230.